The van der Waals surface area contributed by atoms with Crippen LogP contribution in [0.3, 0.4) is 0 Å². The molecule has 4 heteroatoms. The van der Waals surface area contributed by atoms with E-state index < -0.39 is 0 Å². The van der Waals surface area contributed by atoms with Gasteiger partial charge in [-0.3, -0.25) is 4.99 Å². The Labute approximate surface area is 93.4 Å². The highest BCUT2D eigenvalue weighted by atomic mass is 35.5. The highest BCUT2D eigenvalue weighted by Gasteiger charge is 2.08. The summed E-state index contributed by atoms with van der Waals surface area (Å²) in [4.78, 5) is 4.29. The summed E-state index contributed by atoms with van der Waals surface area (Å²) in [6.45, 7) is 0.873. The monoisotopic (exact) mass is 219 g/mol. The normalized spacial score (nSPS) is 14.5. The van der Waals surface area contributed by atoms with Crippen LogP contribution in [0.5, 0.6) is 0 Å². The van der Waals surface area contributed by atoms with Gasteiger partial charge in [0.05, 0.1) is 22.3 Å². The van der Waals surface area contributed by atoms with Crippen molar-refractivity contribution in [2.45, 2.75) is 12.8 Å². The van der Waals surface area contributed by atoms with Crippen molar-refractivity contribution < 1.29 is 0 Å². The Hall–Kier alpha value is -1.53. The lowest BCUT2D eigenvalue weighted by Gasteiger charge is -2.07. The number of amidine groups is 1. The number of benzene rings is 1. The van der Waals surface area contributed by atoms with Crippen LogP contribution in [0.1, 0.15) is 18.4 Å². The fourth-order valence-electron chi connectivity index (χ4n) is 1.49. The molecule has 1 heterocycles. The standard InChI is InChI=1S/C11H10ClN3/c12-9-4-3-8(7-13)6-10(9)15-11-2-1-5-14-11/h3-4,6H,1-2,5H2,(H,14,15). The van der Waals surface area contributed by atoms with Crippen molar-refractivity contribution in [3.63, 3.8) is 0 Å². The molecule has 0 atom stereocenters. The van der Waals surface area contributed by atoms with Crippen LogP contribution in [-0.4, -0.2) is 12.4 Å². The topological polar surface area (TPSA) is 48.2 Å². The van der Waals surface area contributed by atoms with E-state index in [1.807, 2.05) is 0 Å². The van der Waals surface area contributed by atoms with E-state index in [0.717, 1.165) is 30.9 Å². The lowest BCUT2D eigenvalue weighted by Crippen LogP contribution is -2.08. The number of nitrogens with one attached hydrogen (secondary N) is 1. The predicted octanol–water partition coefficient (Wildman–Crippen LogP) is 2.82. The Morgan fingerprint density at radius 3 is 3.00 bits per heavy atom. The van der Waals surface area contributed by atoms with E-state index in [9.17, 15) is 0 Å². The molecule has 2 rings (SSSR count). The largest absolute Gasteiger partial charge is 0.343 e. The molecule has 0 bridgehead atoms. The fourth-order valence-corrected chi connectivity index (χ4v) is 1.65. The van der Waals surface area contributed by atoms with Crippen molar-refractivity contribution >= 4 is 23.1 Å². The second-order valence-electron chi connectivity index (χ2n) is 3.36. The first-order valence-electron chi connectivity index (χ1n) is 4.79. The van der Waals surface area contributed by atoms with Crippen LogP contribution >= 0.6 is 11.6 Å². The lowest BCUT2D eigenvalue weighted by molar-refractivity contribution is 0.951. The summed E-state index contributed by atoms with van der Waals surface area (Å²) in [5, 5.41) is 12.5. The zero-order chi connectivity index (χ0) is 10.7. The van der Waals surface area contributed by atoms with Crippen molar-refractivity contribution in [1.82, 2.24) is 0 Å². The molecular weight excluding hydrogens is 210 g/mol. The fraction of sp³-hybridized carbons (Fsp3) is 0.273. The average Bonchev–Trinajstić information content (AvgIpc) is 2.74. The quantitative estimate of drug-likeness (QED) is 0.790. The smallest absolute Gasteiger partial charge is 0.101 e. The lowest BCUT2D eigenvalue weighted by atomic mass is 10.2. The van der Waals surface area contributed by atoms with Crippen LogP contribution in [0.15, 0.2) is 23.2 Å². The van der Waals surface area contributed by atoms with Gasteiger partial charge in [0.25, 0.3) is 0 Å². The molecule has 0 radical (unpaired) electrons. The molecule has 0 spiro atoms. The van der Waals surface area contributed by atoms with Crippen molar-refractivity contribution in [3.8, 4) is 6.07 Å². The van der Waals surface area contributed by atoms with Crippen LogP contribution in [0.25, 0.3) is 0 Å². The Balaban J connectivity index is 2.23. The summed E-state index contributed by atoms with van der Waals surface area (Å²) in [7, 11) is 0. The van der Waals surface area contributed by atoms with Gasteiger partial charge in [-0.15, -0.1) is 0 Å². The average molecular weight is 220 g/mol. The van der Waals surface area contributed by atoms with Gasteiger partial charge in [0.1, 0.15) is 5.84 Å². The number of nitriles is 1. The summed E-state index contributed by atoms with van der Waals surface area (Å²) in [6.07, 6.45) is 2.03. The Bertz CT molecular complexity index is 446. The van der Waals surface area contributed by atoms with Crippen LogP contribution in [0.2, 0.25) is 5.02 Å². The molecule has 0 aliphatic carbocycles. The molecule has 0 aromatic heterocycles. The van der Waals surface area contributed by atoms with E-state index in [0.29, 0.717) is 10.6 Å². The van der Waals surface area contributed by atoms with Crippen molar-refractivity contribution in [2.75, 3.05) is 11.9 Å². The van der Waals surface area contributed by atoms with Gasteiger partial charge in [-0.05, 0) is 24.6 Å². The maximum absolute atomic E-state index is 8.76. The highest BCUT2D eigenvalue weighted by molar-refractivity contribution is 6.33. The molecule has 1 aromatic carbocycles. The van der Waals surface area contributed by atoms with E-state index in [-0.39, 0.29) is 0 Å². The summed E-state index contributed by atoms with van der Waals surface area (Å²) in [5.74, 6) is 0.951. The van der Waals surface area contributed by atoms with E-state index in [1.54, 1.807) is 18.2 Å². The zero-order valence-electron chi connectivity index (χ0n) is 8.13. The molecular formula is C11H10ClN3. The van der Waals surface area contributed by atoms with Gasteiger partial charge in [0.2, 0.25) is 0 Å². The van der Waals surface area contributed by atoms with Gasteiger partial charge >= 0.3 is 0 Å². The second-order valence-corrected chi connectivity index (χ2v) is 3.77. The molecule has 1 aromatic rings. The van der Waals surface area contributed by atoms with Crippen LogP contribution in [0.4, 0.5) is 5.69 Å². The summed E-state index contributed by atoms with van der Waals surface area (Å²) in [5.41, 5.74) is 1.36. The molecule has 76 valence electrons. The summed E-state index contributed by atoms with van der Waals surface area (Å²) >= 11 is 6.00. The molecule has 0 fully saturated rings. The van der Waals surface area contributed by atoms with E-state index >= 15 is 0 Å². The molecule has 0 unspecified atom stereocenters. The zero-order valence-corrected chi connectivity index (χ0v) is 8.88. The van der Waals surface area contributed by atoms with Gasteiger partial charge in [-0.2, -0.15) is 5.26 Å². The van der Waals surface area contributed by atoms with E-state index in [4.69, 9.17) is 16.9 Å². The molecule has 0 saturated carbocycles. The number of aliphatic imine (C=N–C) groups is 1. The predicted molar refractivity (Wildman–Crippen MR) is 61.3 cm³/mol. The van der Waals surface area contributed by atoms with Gasteiger partial charge < -0.3 is 5.32 Å². The highest BCUT2D eigenvalue weighted by Crippen LogP contribution is 2.23. The SMILES string of the molecule is N#Cc1ccc(Cl)c(NC2=NCCC2)c1. The number of rotatable bonds is 1. The van der Waals surface area contributed by atoms with Gasteiger partial charge in [0.15, 0.2) is 0 Å². The van der Waals surface area contributed by atoms with Crippen molar-refractivity contribution in [1.29, 1.82) is 5.26 Å². The van der Waals surface area contributed by atoms with Crippen LogP contribution in [0, 0.1) is 11.3 Å². The second kappa shape index (κ2) is 4.33. The van der Waals surface area contributed by atoms with Gasteiger partial charge in [-0.1, -0.05) is 11.6 Å². The number of nitrogens with zero attached hydrogens (tertiary/aromatic N) is 2. The maximum Gasteiger partial charge on any atom is 0.101 e. The summed E-state index contributed by atoms with van der Waals surface area (Å²) in [6, 6.07) is 7.24. The molecule has 15 heavy (non-hydrogen) atoms. The molecule has 1 aliphatic heterocycles. The van der Waals surface area contributed by atoms with Gasteiger partial charge in [0, 0.05) is 13.0 Å². The molecule has 0 amide bonds. The van der Waals surface area contributed by atoms with E-state index in [2.05, 4.69) is 16.4 Å². The molecule has 3 nitrogen and oxygen atoms in total. The Morgan fingerprint density at radius 1 is 1.47 bits per heavy atom. The number of hydrogen-bond acceptors (Lipinski definition) is 3. The van der Waals surface area contributed by atoms with Crippen LogP contribution < -0.4 is 5.32 Å². The van der Waals surface area contributed by atoms with Crippen molar-refractivity contribution in [3.05, 3.63) is 28.8 Å². The third-order valence-corrected chi connectivity index (χ3v) is 2.58. The Morgan fingerprint density at radius 2 is 2.33 bits per heavy atom. The van der Waals surface area contributed by atoms with Crippen molar-refractivity contribution in [2.24, 2.45) is 4.99 Å². The van der Waals surface area contributed by atoms with E-state index in [1.165, 1.54) is 0 Å². The molecule has 1 N–H and O–H groups in total. The minimum Gasteiger partial charge on any atom is -0.343 e. The van der Waals surface area contributed by atoms with Crippen LogP contribution in [-0.2, 0) is 0 Å². The third kappa shape index (κ3) is 2.28. The number of halogens is 1. The maximum atomic E-state index is 8.76. The minimum absolute atomic E-state index is 0.598. The first-order valence-corrected chi connectivity index (χ1v) is 5.17. The summed E-state index contributed by atoms with van der Waals surface area (Å²) < 4.78 is 0. The Kier molecular flexibility index (Phi) is 2.89. The molecule has 1 aliphatic rings. The number of anilines is 1. The number of hydrogen-bond donors (Lipinski definition) is 1. The minimum atomic E-state index is 0.598. The third-order valence-electron chi connectivity index (χ3n) is 2.25. The molecule has 0 saturated heterocycles. The first kappa shape index (κ1) is 10.0. The van der Waals surface area contributed by atoms with Gasteiger partial charge in [-0.25, -0.2) is 0 Å². The first-order chi connectivity index (χ1) is 7.29.